The van der Waals surface area contributed by atoms with Crippen LogP contribution >= 0.6 is 0 Å². The van der Waals surface area contributed by atoms with E-state index in [0.717, 1.165) is 67.2 Å². The predicted molar refractivity (Wildman–Crippen MR) is 154 cm³/mol. The van der Waals surface area contributed by atoms with Gasteiger partial charge in [0.05, 0.1) is 27.3 Å². The van der Waals surface area contributed by atoms with Gasteiger partial charge in [0.25, 0.3) is 0 Å². The van der Waals surface area contributed by atoms with Crippen LogP contribution < -0.4 is 4.72 Å². The van der Waals surface area contributed by atoms with Crippen LogP contribution in [0.5, 0.6) is 0 Å². The summed E-state index contributed by atoms with van der Waals surface area (Å²) < 4.78 is 29.0. The standard InChI is InChI=1S/C30H35N5O2S/c1-22-5-9-24(10-6-22)29-30(25-11-7-23(2)8-12-25)33-28-21-26(13-14-27(28)32-29)38(36,37)31-15-4-16-35-19-17-34(3)18-20-35/h5-14,21,31H,4,15-20H2,1-3H3. The summed E-state index contributed by atoms with van der Waals surface area (Å²) in [6, 6.07) is 21.4. The number of likely N-dealkylation sites (N-methyl/N-ethyl adjacent to an activating group) is 1. The summed E-state index contributed by atoms with van der Waals surface area (Å²) in [4.78, 5) is 14.8. The summed E-state index contributed by atoms with van der Waals surface area (Å²) in [5.41, 5.74) is 6.96. The van der Waals surface area contributed by atoms with E-state index in [4.69, 9.17) is 9.97 Å². The maximum atomic E-state index is 13.1. The van der Waals surface area contributed by atoms with Crippen LogP contribution in [0.25, 0.3) is 33.5 Å². The lowest BCUT2D eigenvalue weighted by molar-refractivity contribution is 0.153. The monoisotopic (exact) mass is 529 g/mol. The number of nitrogens with zero attached hydrogens (tertiary/aromatic N) is 4. The highest BCUT2D eigenvalue weighted by molar-refractivity contribution is 7.89. The van der Waals surface area contributed by atoms with E-state index in [0.29, 0.717) is 17.6 Å². The van der Waals surface area contributed by atoms with Gasteiger partial charge in [-0.15, -0.1) is 0 Å². The third-order valence-corrected chi connectivity index (χ3v) is 8.59. The minimum absolute atomic E-state index is 0.205. The Hall–Kier alpha value is -3.17. The summed E-state index contributed by atoms with van der Waals surface area (Å²) in [6.07, 6.45) is 0.772. The fourth-order valence-corrected chi connectivity index (χ4v) is 5.78. The molecule has 0 atom stereocenters. The normalized spacial score (nSPS) is 15.2. The van der Waals surface area contributed by atoms with E-state index in [1.807, 2.05) is 43.3 Å². The van der Waals surface area contributed by atoms with E-state index in [1.54, 1.807) is 18.2 Å². The van der Waals surface area contributed by atoms with E-state index < -0.39 is 10.0 Å². The first-order valence-corrected chi connectivity index (χ1v) is 14.6. The molecule has 3 aromatic carbocycles. The van der Waals surface area contributed by atoms with Crippen molar-refractivity contribution in [2.75, 3.05) is 46.3 Å². The van der Waals surface area contributed by atoms with Gasteiger partial charge in [-0.05, 0) is 52.1 Å². The molecule has 1 fully saturated rings. The molecule has 1 aliphatic heterocycles. The zero-order valence-electron chi connectivity index (χ0n) is 22.3. The van der Waals surface area contributed by atoms with Crippen LogP contribution in [0.3, 0.4) is 0 Å². The van der Waals surface area contributed by atoms with Crippen molar-refractivity contribution in [3.63, 3.8) is 0 Å². The molecule has 7 nitrogen and oxygen atoms in total. The minimum Gasteiger partial charge on any atom is -0.304 e. The average molecular weight is 530 g/mol. The number of fused-ring (bicyclic) bond motifs is 1. The molecule has 1 aliphatic rings. The van der Waals surface area contributed by atoms with Gasteiger partial charge in [-0.3, -0.25) is 0 Å². The molecular weight excluding hydrogens is 494 g/mol. The first-order valence-electron chi connectivity index (χ1n) is 13.1. The highest BCUT2D eigenvalue weighted by Gasteiger charge is 2.19. The zero-order valence-corrected chi connectivity index (χ0v) is 23.1. The third-order valence-electron chi connectivity index (χ3n) is 7.14. The summed E-state index contributed by atoms with van der Waals surface area (Å²) in [5, 5.41) is 0. The molecule has 5 rings (SSSR count). The zero-order chi connectivity index (χ0) is 26.7. The Morgan fingerprint density at radius 1 is 0.763 bits per heavy atom. The van der Waals surface area contributed by atoms with E-state index in [2.05, 4.69) is 40.6 Å². The van der Waals surface area contributed by atoms with E-state index in [9.17, 15) is 8.42 Å². The summed E-state index contributed by atoms with van der Waals surface area (Å²) >= 11 is 0. The molecular formula is C30H35N5O2S. The Labute approximate surface area is 225 Å². The fraction of sp³-hybridized carbons (Fsp3) is 0.333. The number of rotatable bonds is 8. The van der Waals surface area contributed by atoms with Crippen molar-refractivity contribution in [1.82, 2.24) is 24.5 Å². The first kappa shape index (κ1) is 26.4. The lowest BCUT2D eigenvalue weighted by Crippen LogP contribution is -2.45. The summed E-state index contributed by atoms with van der Waals surface area (Å²) in [5.74, 6) is 0. The highest BCUT2D eigenvalue weighted by atomic mass is 32.2. The van der Waals surface area contributed by atoms with Crippen molar-refractivity contribution in [3.05, 3.63) is 77.9 Å². The number of nitrogens with one attached hydrogen (secondary N) is 1. The Kier molecular flexibility index (Phi) is 7.85. The molecule has 8 heteroatoms. The number of hydrogen-bond acceptors (Lipinski definition) is 6. The molecule has 1 saturated heterocycles. The lowest BCUT2D eigenvalue weighted by Gasteiger charge is -2.32. The molecule has 1 N–H and O–H groups in total. The predicted octanol–water partition coefficient (Wildman–Crippen LogP) is 4.50. The van der Waals surface area contributed by atoms with Gasteiger partial charge in [-0.1, -0.05) is 59.7 Å². The molecule has 0 unspecified atom stereocenters. The van der Waals surface area contributed by atoms with E-state index >= 15 is 0 Å². The second-order valence-corrected chi connectivity index (χ2v) is 12.0. The maximum Gasteiger partial charge on any atom is 0.240 e. The number of aromatic nitrogens is 2. The SMILES string of the molecule is Cc1ccc(-c2nc3ccc(S(=O)(=O)NCCCN4CCN(C)CC4)cc3nc2-c2ccc(C)cc2)cc1. The van der Waals surface area contributed by atoms with Gasteiger partial charge in [0.15, 0.2) is 0 Å². The molecule has 0 bridgehead atoms. The van der Waals surface area contributed by atoms with Crippen LogP contribution in [0, 0.1) is 13.8 Å². The second kappa shape index (κ2) is 11.3. The second-order valence-electron chi connectivity index (χ2n) is 10.2. The van der Waals surface area contributed by atoms with Gasteiger partial charge in [0, 0.05) is 43.9 Å². The lowest BCUT2D eigenvalue weighted by atomic mass is 10.0. The molecule has 38 heavy (non-hydrogen) atoms. The Morgan fingerprint density at radius 3 is 1.89 bits per heavy atom. The Balaban J connectivity index is 1.41. The van der Waals surface area contributed by atoms with Gasteiger partial charge in [-0.2, -0.15) is 0 Å². The van der Waals surface area contributed by atoms with Crippen molar-refractivity contribution in [3.8, 4) is 22.5 Å². The quantitative estimate of drug-likeness (QED) is 0.339. The molecule has 4 aromatic rings. The molecule has 0 amide bonds. The summed E-state index contributed by atoms with van der Waals surface area (Å²) in [6.45, 7) is 9.56. The van der Waals surface area contributed by atoms with Gasteiger partial charge >= 0.3 is 0 Å². The van der Waals surface area contributed by atoms with E-state index in [-0.39, 0.29) is 4.90 Å². The molecule has 0 spiro atoms. The van der Waals surface area contributed by atoms with Crippen molar-refractivity contribution in [2.24, 2.45) is 0 Å². The van der Waals surface area contributed by atoms with Gasteiger partial charge in [0.2, 0.25) is 10.0 Å². The van der Waals surface area contributed by atoms with Crippen LogP contribution in [0.1, 0.15) is 17.5 Å². The molecule has 1 aromatic heterocycles. The molecule has 0 saturated carbocycles. The molecule has 0 aliphatic carbocycles. The number of benzene rings is 3. The van der Waals surface area contributed by atoms with E-state index in [1.165, 1.54) is 5.56 Å². The number of piperazine rings is 1. The average Bonchev–Trinajstić information content (AvgIpc) is 2.92. The number of hydrogen-bond donors (Lipinski definition) is 1. The fourth-order valence-electron chi connectivity index (χ4n) is 4.69. The van der Waals surface area contributed by atoms with Crippen molar-refractivity contribution >= 4 is 21.1 Å². The molecule has 0 radical (unpaired) electrons. The first-order chi connectivity index (χ1) is 18.3. The number of aryl methyl sites for hydroxylation is 2. The Bertz CT molecular complexity index is 1510. The third kappa shape index (κ3) is 6.10. The largest absolute Gasteiger partial charge is 0.304 e. The van der Waals surface area contributed by atoms with Crippen molar-refractivity contribution in [2.45, 2.75) is 25.2 Å². The Morgan fingerprint density at radius 2 is 1.32 bits per heavy atom. The van der Waals surface area contributed by atoms with Crippen molar-refractivity contribution < 1.29 is 8.42 Å². The van der Waals surface area contributed by atoms with Crippen LogP contribution in [-0.4, -0.2) is 74.5 Å². The van der Waals surface area contributed by atoms with Crippen LogP contribution in [-0.2, 0) is 10.0 Å². The number of sulfonamides is 1. The summed E-state index contributed by atoms with van der Waals surface area (Å²) in [7, 11) is -1.53. The van der Waals surface area contributed by atoms with Gasteiger partial charge in [-0.25, -0.2) is 23.1 Å². The van der Waals surface area contributed by atoms with Crippen molar-refractivity contribution in [1.29, 1.82) is 0 Å². The van der Waals surface area contributed by atoms with Gasteiger partial charge in [0.1, 0.15) is 0 Å². The maximum absolute atomic E-state index is 13.1. The smallest absolute Gasteiger partial charge is 0.240 e. The van der Waals surface area contributed by atoms with Crippen LogP contribution in [0.4, 0.5) is 0 Å². The minimum atomic E-state index is -3.66. The topological polar surface area (TPSA) is 78.4 Å². The van der Waals surface area contributed by atoms with Gasteiger partial charge < -0.3 is 9.80 Å². The molecule has 2 heterocycles. The van der Waals surface area contributed by atoms with Crippen LogP contribution in [0.2, 0.25) is 0 Å². The van der Waals surface area contributed by atoms with Crippen LogP contribution in [0.15, 0.2) is 71.6 Å². The highest BCUT2D eigenvalue weighted by Crippen LogP contribution is 2.32. The molecule has 198 valence electrons.